The first kappa shape index (κ1) is 13.5. The van der Waals surface area contributed by atoms with Gasteiger partial charge in [0.1, 0.15) is 0 Å². The van der Waals surface area contributed by atoms with Gasteiger partial charge in [0, 0.05) is 13.1 Å². The number of nitrogens with zero attached hydrogens (tertiary/aromatic N) is 1. The third kappa shape index (κ3) is 5.47. The highest BCUT2D eigenvalue weighted by Crippen LogP contribution is 2.12. The van der Waals surface area contributed by atoms with Crippen molar-refractivity contribution in [3.8, 4) is 0 Å². The van der Waals surface area contributed by atoms with E-state index in [4.69, 9.17) is 0 Å². The first-order valence-electron chi connectivity index (χ1n) is 6.38. The fourth-order valence-corrected chi connectivity index (χ4v) is 2.05. The van der Waals surface area contributed by atoms with Gasteiger partial charge in [-0.1, -0.05) is 13.3 Å². The maximum Gasteiger partial charge on any atom is 0.233 e. The molecule has 1 fully saturated rings. The van der Waals surface area contributed by atoms with Crippen LogP contribution in [-0.4, -0.2) is 50.6 Å². The predicted molar refractivity (Wildman–Crippen MR) is 66.4 cm³/mol. The van der Waals surface area contributed by atoms with Crippen molar-refractivity contribution in [1.29, 1.82) is 0 Å². The number of rotatable bonds is 7. The van der Waals surface area contributed by atoms with Crippen LogP contribution in [-0.2, 0) is 4.79 Å². The minimum Gasteiger partial charge on any atom is -0.355 e. The number of carbonyl (C=O) groups is 1. The molecule has 1 aliphatic heterocycles. The molecule has 0 aromatic carbocycles. The van der Waals surface area contributed by atoms with Crippen LogP contribution in [0.15, 0.2) is 0 Å². The summed E-state index contributed by atoms with van der Waals surface area (Å²) in [6.07, 6.45) is 3.45. The van der Waals surface area contributed by atoms with Crippen molar-refractivity contribution in [3.05, 3.63) is 0 Å². The second-order valence-corrected chi connectivity index (χ2v) is 4.75. The highest BCUT2D eigenvalue weighted by atomic mass is 16.1. The molecular formula is C12H25N3O. The molecule has 2 N–H and O–H groups in total. The van der Waals surface area contributed by atoms with Crippen molar-refractivity contribution < 1.29 is 4.79 Å². The minimum atomic E-state index is 0.125. The first-order chi connectivity index (χ1) is 7.72. The van der Waals surface area contributed by atoms with E-state index in [0.717, 1.165) is 32.5 Å². The molecule has 1 unspecified atom stereocenters. The molecule has 1 saturated heterocycles. The van der Waals surface area contributed by atoms with Crippen LogP contribution in [0, 0.1) is 5.92 Å². The zero-order valence-electron chi connectivity index (χ0n) is 10.6. The second-order valence-electron chi connectivity index (χ2n) is 4.75. The lowest BCUT2D eigenvalue weighted by Gasteiger charge is -2.11. The molecule has 4 heteroatoms. The Labute approximate surface area is 98.8 Å². The summed E-state index contributed by atoms with van der Waals surface area (Å²) < 4.78 is 0. The van der Waals surface area contributed by atoms with Crippen molar-refractivity contribution in [2.75, 3.05) is 39.8 Å². The Hall–Kier alpha value is -0.610. The molecule has 1 amide bonds. The number of hydrogen-bond donors (Lipinski definition) is 2. The molecular weight excluding hydrogens is 202 g/mol. The summed E-state index contributed by atoms with van der Waals surface area (Å²) in [6, 6.07) is 0. The topological polar surface area (TPSA) is 44.4 Å². The van der Waals surface area contributed by atoms with Gasteiger partial charge in [-0.05, 0) is 38.9 Å². The van der Waals surface area contributed by atoms with E-state index in [1.807, 2.05) is 0 Å². The average Bonchev–Trinajstić information content (AvgIpc) is 2.65. The van der Waals surface area contributed by atoms with Crippen LogP contribution in [0.1, 0.15) is 26.2 Å². The van der Waals surface area contributed by atoms with Crippen LogP contribution < -0.4 is 10.6 Å². The van der Waals surface area contributed by atoms with Gasteiger partial charge < -0.3 is 15.5 Å². The molecule has 1 heterocycles. The molecule has 0 aromatic heterocycles. The molecule has 1 rings (SSSR count). The largest absolute Gasteiger partial charge is 0.355 e. The zero-order valence-corrected chi connectivity index (χ0v) is 10.6. The number of amides is 1. The molecule has 0 aliphatic carbocycles. The maximum absolute atomic E-state index is 11.4. The Morgan fingerprint density at radius 2 is 2.31 bits per heavy atom. The van der Waals surface area contributed by atoms with Gasteiger partial charge in [-0.25, -0.2) is 0 Å². The molecule has 0 radical (unpaired) electrons. The van der Waals surface area contributed by atoms with Crippen LogP contribution in [0.3, 0.4) is 0 Å². The number of carbonyl (C=O) groups excluding carboxylic acids is 1. The van der Waals surface area contributed by atoms with E-state index < -0.39 is 0 Å². The molecule has 16 heavy (non-hydrogen) atoms. The van der Waals surface area contributed by atoms with E-state index >= 15 is 0 Å². The lowest BCUT2D eigenvalue weighted by molar-refractivity contribution is -0.120. The molecule has 94 valence electrons. The molecule has 1 atom stereocenters. The van der Waals surface area contributed by atoms with Gasteiger partial charge >= 0.3 is 0 Å². The van der Waals surface area contributed by atoms with Gasteiger partial charge in [-0.2, -0.15) is 0 Å². The number of hydrogen-bond acceptors (Lipinski definition) is 3. The summed E-state index contributed by atoms with van der Waals surface area (Å²) in [5, 5.41) is 6.14. The van der Waals surface area contributed by atoms with E-state index in [-0.39, 0.29) is 5.91 Å². The standard InChI is InChI=1S/C12H25N3O/c1-3-4-6-14-12(16)9-13-8-11-5-7-15(2)10-11/h11,13H,3-10H2,1-2H3,(H,14,16). The summed E-state index contributed by atoms with van der Waals surface area (Å²) >= 11 is 0. The van der Waals surface area contributed by atoms with Crippen LogP contribution in [0.2, 0.25) is 0 Å². The Bertz CT molecular complexity index is 208. The Morgan fingerprint density at radius 3 is 2.94 bits per heavy atom. The van der Waals surface area contributed by atoms with E-state index in [1.165, 1.54) is 13.0 Å². The lowest BCUT2D eigenvalue weighted by atomic mass is 10.1. The molecule has 1 aliphatic rings. The van der Waals surface area contributed by atoms with Gasteiger partial charge in [0.05, 0.1) is 6.54 Å². The number of unbranched alkanes of at least 4 members (excludes halogenated alkanes) is 1. The fraction of sp³-hybridized carbons (Fsp3) is 0.917. The van der Waals surface area contributed by atoms with Crippen molar-refractivity contribution in [2.45, 2.75) is 26.2 Å². The second kappa shape index (κ2) is 7.63. The zero-order chi connectivity index (χ0) is 11.8. The van der Waals surface area contributed by atoms with Crippen molar-refractivity contribution >= 4 is 5.91 Å². The monoisotopic (exact) mass is 227 g/mol. The maximum atomic E-state index is 11.4. The van der Waals surface area contributed by atoms with Gasteiger partial charge in [-0.3, -0.25) is 4.79 Å². The van der Waals surface area contributed by atoms with E-state index in [9.17, 15) is 4.79 Å². The van der Waals surface area contributed by atoms with Crippen LogP contribution in [0.25, 0.3) is 0 Å². The Morgan fingerprint density at radius 1 is 1.50 bits per heavy atom. The lowest BCUT2D eigenvalue weighted by Crippen LogP contribution is -2.36. The van der Waals surface area contributed by atoms with Crippen LogP contribution in [0.5, 0.6) is 0 Å². The van der Waals surface area contributed by atoms with E-state index in [0.29, 0.717) is 12.5 Å². The third-order valence-corrected chi connectivity index (χ3v) is 3.06. The van der Waals surface area contributed by atoms with Gasteiger partial charge in [0.15, 0.2) is 0 Å². The molecule has 4 nitrogen and oxygen atoms in total. The SMILES string of the molecule is CCCCNC(=O)CNCC1CCN(C)C1. The summed E-state index contributed by atoms with van der Waals surface area (Å²) in [5.74, 6) is 0.841. The predicted octanol–water partition coefficient (Wildman–Crippen LogP) is 0.444. The van der Waals surface area contributed by atoms with E-state index in [2.05, 4.69) is 29.5 Å². The van der Waals surface area contributed by atoms with Gasteiger partial charge in [-0.15, -0.1) is 0 Å². The van der Waals surface area contributed by atoms with Crippen molar-refractivity contribution in [3.63, 3.8) is 0 Å². The number of nitrogens with one attached hydrogen (secondary N) is 2. The summed E-state index contributed by atoms with van der Waals surface area (Å²) in [6.45, 7) is 6.71. The van der Waals surface area contributed by atoms with Crippen LogP contribution >= 0.6 is 0 Å². The highest BCUT2D eigenvalue weighted by Gasteiger charge is 2.18. The van der Waals surface area contributed by atoms with E-state index in [1.54, 1.807) is 0 Å². The molecule has 0 bridgehead atoms. The molecule has 0 spiro atoms. The molecule has 0 saturated carbocycles. The fourth-order valence-electron chi connectivity index (χ4n) is 2.05. The normalized spacial score (nSPS) is 21.2. The summed E-state index contributed by atoms with van der Waals surface area (Å²) in [4.78, 5) is 13.7. The van der Waals surface area contributed by atoms with Crippen LogP contribution in [0.4, 0.5) is 0 Å². The first-order valence-corrected chi connectivity index (χ1v) is 6.38. The van der Waals surface area contributed by atoms with Crippen molar-refractivity contribution in [2.24, 2.45) is 5.92 Å². The summed E-state index contributed by atoms with van der Waals surface area (Å²) in [5.41, 5.74) is 0. The Balaban J connectivity index is 1.96. The average molecular weight is 227 g/mol. The summed E-state index contributed by atoms with van der Waals surface area (Å²) in [7, 11) is 2.15. The van der Waals surface area contributed by atoms with Gasteiger partial charge in [0.2, 0.25) is 5.91 Å². The minimum absolute atomic E-state index is 0.125. The number of likely N-dealkylation sites (tertiary alicyclic amines) is 1. The Kier molecular flexibility index (Phi) is 6.42. The van der Waals surface area contributed by atoms with Crippen molar-refractivity contribution in [1.82, 2.24) is 15.5 Å². The third-order valence-electron chi connectivity index (χ3n) is 3.06. The highest BCUT2D eigenvalue weighted by molar-refractivity contribution is 5.77. The quantitative estimate of drug-likeness (QED) is 0.621. The molecule has 0 aromatic rings. The smallest absolute Gasteiger partial charge is 0.233 e. The van der Waals surface area contributed by atoms with Gasteiger partial charge in [0.25, 0.3) is 0 Å².